The lowest BCUT2D eigenvalue weighted by molar-refractivity contribution is -0.121. The van der Waals surface area contributed by atoms with Gasteiger partial charge in [-0.1, -0.05) is 36.8 Å². The number of hydrogen-bond donors (Lipinski definition) is 0. The summed E-state index contributed by atoms with van der Waals surface area (Å²) in [4.78, 5) is 20.2. The van der Waals surface area contributed by atoms with Crippen LogP contribution < -0.4 is 4.90 Å². The molecular weight excluding hydrogens is 332 g/mol. The highest BCUT2D eigenvalue weighted by Gasteiger charge is 2.30. The summed E-state index contributed by atoms with van der Waals surface area (Å²) in [5.74, 6) is 0.607. The van der Waals surface area contributed by atoms with Crippen LogP contribution in [0.25, 0.3) is 6.08 Å². The van der Waals surface area contributed by atoms with Crippen molar-refractivity contribution in [3.8, 4) is 6.07 Å². The van der Waals surface area contributed by atoms with E-state index in [-0.39, 0.29) is 17.5 Å². The van der Waals surface area contributed by atoms with E-state index in [0.717, 1.165) is 25.9 Å². The Labute approximate surface area is 144 Å². The summed E-state index contributed by atoms with van der Waals surface area (Å²) in [6, 6.07) is 2.08. The number of anilines is 1. The van der Waals surface area contributed by atoms with Crippen LogP contribution in [0.4, 0.5) is 5.88 Å². The van der Waals surface area contributed by atoms with Crippen LogP contribution in [0.3, 0.4) is 0 Å². The van der Waals surface area contributed by atoms with Crippen molar-refractivity contribution >= 4 is 46.2 Å². The quantitative estimate of drug-likeness (QED) is 0.601. The SMILES string of the molecule is CN1C(=O)/C(=C/c2nc(C#N)c(N3CCCCCC3)o2)SC1=S. The topological polar surface area (TPSA) is 73.4 Å². The number of amides is 1. The third-order valence-corrected chi connectivity index (χ3v) is 5.35. The predicted octanol–water partition coefficient (Wildman–Crippen LogP) is 2.76. The van der Waals surface area contributed by atoms with Crippen LogP contribution in [0, 0.1) is 11.3 Å². The first-order chi connectivity index (χ1) is 11.1. The first-order valence-corrected chi connectivity index (χ1v) is 8.70. The summed E-state index contributed by atoms with van der Waals surface area (Å²) in [5, 5.41) is 9.31. The lowest BCUT2D eigenvalue weighted by atomic mass is 10.2. The standard InChI is InChI=1S/C15H16N4O2S2/c1-18-13(20)11(23-15(18)22)8-12-17-10(9-16)14(21-12)19-6-4-2-3-5-7-19/h8H,2-7H2,1H3/b11-8-. The molecule has 0 bridgehead atoms. The van der Waals surface area contributed by atoms with Gasteiger partial charge in [-0.25, -0.2) is 0 Å². The van der Waals surface area contributed by atoms with E-state index < -0.39 is 0 Å². The van der Waals surface area contributed by atoms with Crippen LogP contribution >= 0.6 is 24.0 Å². The van der Waals surface area contributed by atoms with Crippen molar-refractivity contribution in [1.29, 1.82) is 5.26 Å². The van der Waals surface area contributed by atoms with Crippen molar-refractivity contribution in [3.05, 3.63) is 16.5 Å². The fourth-order valence-corrected chi connectivity index (χ4v) is 3.75. The van der Waals surface area contributed by atoms with Gasteiger partial charge in [-0.3, -0.25) is 9.69 Å². The molecule has 2 aliphatic rings. The summed E-state index contributed by atoms with van der Waals surface area (Å²) in [7, 11) is 1.64. The molecule has 0 atom stereocenters. The molecule has 6 nitrogen and oxygen atoms in total. The normalized spacial score (nSPS) is 21.0. The van der Waals surface area contributed by atoms with E-state index in [2.05, 4.69) is 16.0 Å². The zero-order chi connectivity index (χ0) is 16.4. The molecule has 0 saturated carbocycles. The third kappa shape index (κ3) is 3.26. The Hall–Kier alpha value is -1.85. The average molecular weight is 348 g/mol. The smallest absolute Gasteiger partial charge is 0.266 e. The molecule has 1 aromatic heterocycles. The van der Waals surface area contributed by atoms with Crippen LogP contribution in [-0.4, -0.2) is 40.2 Å². The number of rotatable bonds is 2. The Bertz CT molecular complexity index is 712. The highest BCUT2D eigenvalue weighted by molar-refractivity contribution is 8.26. The van der Waals surface area contributed by atoms with Crippen molar-refractivity contribution < 1.29 is 9.21 Å². The van der Waals surface area contributed by atoms with Crippen molar-refractivity contribution in [2.45, 2.75) is 25.7 Å². The average Bonchev–Trinajstić information content (AvgIpc) is 2.90. The molecule has 0 spiro atoms. The largest absolute Gasteiger partial charge is 0.420 e. The molecule has 0 radical (unpaired) electrons. The van der Waals surface area contributed by atoms with Crippen LogP contribution in [0.2, 0.25) is 0 Å². The minimum atomic E-state index is -0.173. The molecule has 3 heterocycles. The second-order valence-electron chi connectivity index (χ2n) is 5.46. The molecule has 120 valence electrons. The van der Waals surface area contributed by atoms with Gasteiger partial charge in [0.1, 0.15) is 10.4 Å². The number of hydrogen-bond acceptors (Lipinski definition) is 7. The van der Waals surface area contributed by atoms with Gasteiger partial charge in [0, 0.05) is 26.2 Å². The molecule has 0 aromatic carbocycles. The molecule has 8 heteroatoms. The number of nitriles is 1. The molecule has 3 rings (SSSR count). The molecule has 0 unspecified atom stereocenters. The minimum Gasteiger partial charge on any atom is -0.420 e. The molecule has 2 saturated heterocycles. The van der Waals surface area contributed by atoms with Gasteiger partial charge in [0.25, 0.3) is 5.91 Å². The Morgan fingerprint density at radius 2 is 2.04 bits per heavy atom. The molecule has 23 heavy (non-hydrogen) atoms. The fraction of sp³-hybridized carbons (Fsp3) is 0.467. The van der Waals surface area contributed by atoms with Crippen molar-refractivity contribution in [2.24, 2.45) is 0 Å². The van der Waals surface area contributed by atoms with Gasteiger partial charge in [0.05, 0.1) is 4.91 Å². The minimum absolute atomic E-state index is 0.173. The second kappa shape index (κ2) is 6.72. The fourth-order valence-electron chi connectivity index (χ4n) is 2.61. The molecule has 0 aliphatic carbocycles. The number of thioether (sulfide) groups is 1. The lowest BCUT2D eigenvalue weighted by Gasteiger charge is -2.18. The van der Waals surface area contributed by atoms with Crippen LogP contribution in [0.15, 0.2) is 9.32 Å². The van der Waals surface area contributed by atoms with Crippen molar-refractivity contribution in [1.82, 2.24) is 9.88 Å². The van der Waals surface area contributed by atoms with E-state index in [0.29, 0.717) is 15.1 Å². The van der Waals surface area contributed by atoms with E-state index in [1.165, 1.54) is 29.5 Å². The number of likely N-dealkylation sites (N-methyl/N-ethyl adjacent to an activating group) is 1. The van der Waals surface area contributed by atoms with Crippen LogP contribution in [0.1, 0.15) is 37.3 Å². The van der Waals surface area contributed by atoms with Gasteiger partial charge in [-0.15, -0.1) is 0 Å². The summed E-state index contributed by atoms with van der Waals surface area (Å²) >= 11 is 6.31. The monoisotopic (exact) mass is 348 g/mol. The van der Waals surface area contributed by atoms with Gasteiger partial charge in [0.2, 0.25) is 17.5 Å². The maximum atomic E-state index is 12.0. The van der Waals surface area contributed by atoms with E-state index >= 15 is 0 Å². The number of thiocarbonyl (C=S) groups is 1. The van der Waals surface area contributed by atoms with E-state index in [4.69, 9.17) is 16.6 Å². The number of nitrogens with zero attached hydrogens (tertiary/aromatic N) is 4. The predicted molar refractivity (Wildman–Crippen MR) is 92.8 cm³/mol. The van der Waals surface area contributed by atoms with E-state index in [1.54, 1.807) is 13.1 Å². The van der Waals surface area contributed by atoms with Crippen LogP contribution in [0.5, 0.6) is 0 Å². The highest BCUT2D eigenvalue weighted by atomic mass is 32.2. The lowest BCUT2D eigenvalue weighted by Crippen LogP contribution is -2.24. The second-order valence-corrected chi connectivity index (χ2v) is 7.14. The Kier molecular flexibility index (Phi) is 4.68. The molecular formula is C15H16N4O2S2. The molecule has 1 amide bonds. The van der Waals surface area contributed by atoms with Gasteiger partial charge in [-0.2, -0.15) is 10.2 Å². The van der Waals surface area contributed by atoms with Gasteiger partial charge in [-0.05, 0) is 12.8 Å². The van der Waals surface area contributed by atoms with Gasteiger partial charge in [0.15, 0.2) is 0 Å². The molecule has 2 aliphatic heterocycles. The number of carbonyl (C=O) groups is 1. The first kappa shape index (κ1) is 16.0. The molecule has 1 aromatic rings. The van der Waals surface area contributed by atoms with Crippen molar-refractivity contribution in [3.63, 3.8) is 0 Å². The van der Waals surface area contributed by atoms with E-state index in [1.807, 2.05) is 0 Å². The molecule has 0 N–H and O–H groups in total. The molecule has 2 fully saturated rings. The maximum Gasteiger partial charge on any atom is 0.266 e. The maximum absolute atomic E-state index is 12.0. The summed E-state index contributed by atoms with van der Waals surface area (Å²) in [6.45, 7) is 1.72. The van der Waals surface area contributed by atoms with Crippen LogP contribution in [-0.2, 0) is 4.79 Å². The number of carbonyl (C=O) groups excluding carboxylic acids is 1. The summed E-state index contributed by atoms with van der Waals surface area (Å²) < 4.78 is 6.27. The van der Waals surface area contributed by atoms with E-state index in [9.17, 15) is 10.1 Å². The number of oxazole rings is 1. The Morgan fingerprint density at radius 1 is 1.35 bits per heavy atom. The first-order valence-electron chi connectivity index (χ1n) is 7.47. The van der Waals surface area contributed by atoms with Crippen molar-refractivity contribution in [2.75, 3.05) is 25.0 Å². The summed E-state index contributed by atoms with van der Waals surface area (Å²) in [5.41, 5.74) is 0.269. The summed E-state index contributed by atoms with van der Waals surface area (Å²) in [6.07, 6.45) is 6.10. The third-order valence-electron chi connectivity index (χ3n) is 3.87. The highest BCUT2D eigenvalue weighted by Crippen LogP contribution is 2.32. The Balaban J connectivity index is 1.89. The zero-order valence-electron chi connectivity index (χ0n) is 12.7. The van der Waals surface area contributed by atoms with Gasteiger partial charge < -0.3 is 9.32 Å². The van der Waals surface area contributed by atoms with Gasteiger partial charge >= 0.3 is 0 Å². The Morgan fingerprint density at radius 3 is 2.61 bits per heavy atom. The zero-order valence-corrected chi connectivity index (χ0v) is 14.4. The number of aromatic nitrogens is 1.